The Hall–Kier alpha value is -2.06. The van der Waals surface area contributed by atoms with E-state index in [0.29, 0.717) is 12.1 Å². The van der Waals surface area contributed by atoms with Crippen molar-refractivity contribution in [3.05, 3.63) is 54.1 Å². The Morgan fingerprint density at radius 1 is 1.00 bits per heavy atom. The van der Waals surface area contributed by atoms with Crippen molar-refractivity contribution in [1.29, 1.82) is 0 Å². The van der Waals surface area contributed by atoms with E-state index in [4.69, 9.17) is 4.42 Å². The van der Waals surface area contributed by atoms with Crippen molar-refractivity contribution in [1.82, 2.24) is 4.90 Å². The molecule has 0 radical (unpaired) electrons. The van der Waals surface area contributed by atoms with Crippen LogP contribution in [0.5, 0.6) is 0 Å². The molecule has 0 N–H and O–H groups in total. The van der Waals surface area contributed by atoms with Gasteiger partial charge >= 0.3 is 0 Å². The van der Waals surface area contributed by atoms with Gasteiger partial charge in [0.05, 0.1) is 0 Å². The van der Waals surface area contributed by atoms with E-state index in [-0.39, 0.29) is 0 Å². The average Bonchev–Trinajstić information content (AvgIpc) is 2.92. The van der Waals surface area contributed by atoms with Crippen molar-refractivity contribution in [2.45, 2.75) is 37.8 Å². The Kier molecular flexibility index (Phi) is 2.89. The molecule has 23 heavy (non-hydrogen) atoms. The number of piperidine rings is 1. The molecule has 0 spiro atoms. The van der Waals surface area contributed by atoms with Crippen LogP contribution in [0.15, 0.2) is 53.0 Å². The fraction of sp³-hybridized carbons (Fsp3) is 0.333. The van der Waals surface area contributed by atoms with Crippen LogP contribution in [0.3, 0.4) is 0 Å². The molecule has 2 heteroatoms. The molecule has 2 aliphatic rings. The summed E-state index contributed by atoms with van der Waals surface area (Å²) in [5, 5.41) is 2.46. The highest BCUT2D eigenvalue weighted by Crippen LogP contribution is 2.38. The third kappa shape index (κ3) is 2.05. The van der Waals surface area contributed by atoms with Gasteiger partial charge in [-0.1, -0.05) is 36.8 Å². The summed E-state index contributed by atoms with van der Waals surface area (Å²) in [4.78, 5) is 2.57. The van der Waals surface area contributed by atoms with E-state index in [1.54, 1.807) is 0 Å². The molecule has 2 aliphatic heterocycles. The highest BCUT2D eigenvalue weighted by atomic mass is 16.3. The molecule has 0 amide bonds. The summed E-state index contributed by atoms with van der Waals surface area (Å²) in [5.41, 5.74) is 4.86. The predicted octanol–water partition coefficient (Wildman–Crippen LogP) is 5.23. The van der Waals surface area contributed by atoms with Crippen molar-refractivity contribution < 1.29 is 4.42 Å². The maximum absolute atomic E-state index is 5.96. The molecule has 116 valence electrons. The lowest BCUT2D eigenvalue weighted by Crippen LogP contribution is -2.45. The largest absolute Gasteiger partial charge is 0.456 e. The fourth-order valence-electron chi connectivity index (χ4n) is 4.38. The van der Waals surface area contributed by atoms with E-state index in [9.17, 15) is 0 Å². The lowest BCUT2D eigenvalue weighted by molar-refractivity contribution is 0.137. The Bertz CT molecular complexity index is 920. The molecule has 1 aromatic heterocycles. The van der Waals surface area contributed by atoms with E-state index >= 15 is 0 Å². The minimum absolute atomic E-state index is 0.620. The molecule has 0 aliphatic carbocycles. The first kappa shape index (κ1) is 13.4. The van der Waals surface area contributed by atoms with Crippen LogP contribution in [0.25, 0.3) is 27.5 Å². The predicted molar refractivity (Wildman–Crippen MR) is 95.5 cm³/mol. The van der Waals surface area contributed by atoms with Crippen LogP contribution in [0, 0.1) is 0 Å². The zero-order chi connectivity index (χ0) is 15.4. The molecule has 3 aromatic rings. The Labute approximate surface area is 136 Å². The topological polar surface area (TPSA) is 16.4 Å². The molecular formula is C21H21NO. The van der Waals surface area contributed by atoms with Gasteiger partial charge in [-0.15, -0.1) is 0 Å². The number of para-hydroxylation sites is 1. The molecule has 5 rings (SSSR count). The first-order valence-electron chi connectivity index (χ1n) is 8.64. The fourth-order valence-corrected chi connectivity index (χ4v) is 4.38. The van der Waals surface area contributed by atoms with Gasteiger partial charge in [0, 0.05) is 22.9 Å². The first-order valence-corrected chi connectivity index (χ1v) is 8.64. The highest BCUT2D eigenvalue weighted by Gasteiger charge is 2.31. The molecule has 2 aromatic carbocycles. The minimum Gasteiger partial charge on any atom is -0.456 e. The van der Waals surface area contributed by atoms with Crippen LogP contribution in [0.2, 0.25) is 0 Å². The van der Waals surface area contributed by atoms with Gasteiger partial charge in [-0.05, 0) is 55.6 Å². The molecule has 0 saturated carbocycles. The van der Waals surface area contributed by atoms with Gasteiger partial charge in [0.15, 0.2) is 0 Å². The maximum Gasteiger partial charge on any atom is 0.135 e. The number of nitrogens with zero attached hydrogens (tertiary/aromatic N) is 1. The monoisotopic (exact) mass is 303 g/mol. The van der Waals surface area contributed by atoms with Crippen molar-refractivity contribution in [3.63, 3.8) is 0 Å². The minimum atomic E-state index is 0.620. The third-order valence-corrected chi connectivity index (χ3v) is 5.73. The van der Waals surface area contributed by atoms with Gasteiger partial charge < -0.3 is 4.42 Å². The summed E-state index contributed by atoms with van der Waals surface area (Å²) in [6, 6.07) is 16.4. The maximum atomic E-state index is 5.96. The van der Waals surface area contributed by atoms with Crippen LogP contribution in [-0.4, -0.2) is 24.0 Å². The lowest BCUT2D eigenvalue weighted by Gasteiger charge is -2.42. The smallest absolute Gasteiger partial charge is 0.135 e. The van der Waals surface area contributed by atoms with E-state index < -0.39 is 0 Å². The van der Waals surface area contributed by atoms with Crippen molar-refractivity contribution in [2.24, 2.45) is 0 Å². The Morgan fingerprint density at radius 3 is 2.78 bits per heavy atom. The van der Waals surface area contributed by atoms with E-state index in [0.717, 1.165) is 11.2 Å². The second-order valence-corrected chi connectivity index (χ2v) is 7.02. The van der Waals surface area contributed by atoms with Crippen molar-refractivity contribution in [3.8, 4) is 0 Å². The molecule has 1 saturated heterocycles. The summed E-state index contributed by atoms with van der Waals surface area (Å²) >= 11 is 0. The summed E-state index contributed by atoms with van der Waals surface area (Å²) < 4.78 is 5.96. The number of hydrogen-bond donors (Lipinski definition) is 0. The van der Waals surface area contributed by atoms with Crippen molar-refractivity contribution >= 4 is 27.5 Å². The number of benzene rings is 2. The Morgan fingerprint density at radius 2 is 1.87 bits per heavy atom. The number of hydrogen-bond acceptors (Lipinski definition) is 2. The second kappa shape index (κ2) is 4.97. The molecule has 2 unspecified atom stereocenters. The first-order chi connectivity index (χ1) is 11.3. The number of likely N-dealkylation sites (N-methyl/N-ethyl adjacent to an activating group) is 1. The van der Waals surface area contributed by atoms with Crippen LogP contribution < -0.4 is 0 Å². The average molecular weight is 303 g/mol. The Balaban J connectivity index is 1.64. The SMILES string of the molecule is CN1C2C=C(c3ccc4oc5ccccc5c4c3)CC1CCC2. The van der Waals surface area contributed by atoms with Crippen LogP contribution in [-0.2, 0) is 0 Å². The van der Waals surface area contributed by atoms with Crippen LogP contribution in [0.1, 0.15) is 31.2 Å². The highest BCUT2D eigenvalue weighted by molar-refractivity contribution is 6.05. The second-order valence-electron chi connectivity index (χ2n) is 7.02. The normalized spacial score (nSPS) is 25.0. The zero-order valence-electron chi connectivity index (χ0n) is 13.5. The molecule has 1 fully saturated rings. The molecular weight excluding hydrogens is 282 g/mol. The van der Waals surface area contributed by atoms with E-state index in [1.165, 1.54) is 47.6 Å². The lowest BCUT2D eigenvalue weighted by atomic mass is 9.83. The van der Waals surface area contributed by atoms with E-state index in [2.05, 4.69) is 48.4 Å². The zero-order valence-corrected chi connectivity index (χ0v) is 13.5. The molecule has 3 heterocycles. The van der Waals surface area contributed by atoms with Gasteiger partial charge in [-0.25, -0.2) is 0 Å². The third-order valence-electron chi connectivity index (χ3n) is 5.73. The number of fused-ring (bicyclic) bond motifs is 5. The summed E-state index contributed by atoms with van der Waals surface area (Å²) in [5.74, 6) is 0. The standard InChI is InChI=1S/C21H21NO/c1-22-16-5-4-6-17(22)12-15(11-16)14-9-10-21-19(13-14)18-7-2-3-8-20(18)23-21/h2-3,7-11,13,16-17H,4-6,12H2,1H3. The van der Waals surface area contributed by atoms with Crippen LogP contribution >= 0.6 is 0 Å². The molecule has 2 atom stereocenters. The van der Waals surface area contributed by atoms with Crippen molar-refractivity contribution in [2.75, 3.05) is 7.05 Å². The number of furan rings is 1. The van der Waals surface area contributed by atoms with Crippen LogP contribution in [0.4, 0.5) is 0 Å². The van der Waals surface area contributed by atoms with Gasteiger partial charge in [-0.2, -0.15) is 0 Å². The molecule has 2 bridgehead atoms. The van der Waals surface area contributed by atoms with Gasteiger partial charge in [0.2, 0.25) is 0 Å². The van der Waals surface area contributed by atoms with Gasteiger partial charge in [-0.3, -0.25) is 4.90 Å². The number of rotatable bonds is 1. The molecule has 2 nitrogen and oxygen atoms in total. The quantitative estimate of drug-likeness (QED) is 0.612. The summed E-state index contributed by atoms with van der Waals surface area (Å²) in [7, 11) is 2.29. The summed E-state index contributed by atoms with van der Waals surface area (Å²) in [6.07, 6.45) is 7.68. The van der Waals surface area contributed by atoms with Gasteiger partial charge in [0.25, 0.3) is 0 Å². The van der Waals surface area contributed by atoms with Gasteiger partial charge in [0.1, 0.15) is 11.2 Å². The summed E-state index contributed by atoms with van der Waals surface area (Å²) in [6.45, 7) is 0. The van der Waals surface area contributed by atoms with E-state index in [1.807, 2.05) is 12.1 Å².